The largest absolute Gasteiger partial charge is 0.416 e. The van der Waals surface area contributed by atoms with Crippen LogP contribution in [0.2, 0.25) is 0 Å². The van der Waals surface area contributed by atoms with Gasteiger partial charge in [-0.3, -0.25) is 4.90 Å². The highest BCUT2D eigenvalue weighted by atomic mass is 19.2. The Morgan fingerprint density at radius 3 is 2.18 bits per heavy atom. The lowest BCUT2D eigenvalue weighted by atomic mass is 10.1. The number of aromatic nitrogens is 2. The second-order valence-corrected chi connectivity index (χ2v) is 6.82. The molecule has 0 saturated heterocycles. The molecule has 2 amide bonds. The standard InChI is InChI=1S/C21H16F5N5O3/c1-9-4-5-10(20(32)34-19-17(25)15(23)14(22)16(24)18(19)26)6-11(9)30-21(33)31(3)13-7-12(27-2)28-8-29-13/h4-8H,1-3H3,(H,30,33)(H,27,28,29). The normalized spacial score (nSPS) is 10.6. The molecule has 0 saturated carbocycles. The number of hydrogen-bond acceptors (Lipinski definition) is 6. The second kappa shape index (κ2) is 9.68. The number of carbonyl (C=O) groups is 2. The van der Waals surface area contributed by atoms with Crippen molar-refractivity contribution < 1.29 is 36.3 Å². The SMILES string of the molecule is CNc1cc(N(C)C(=O)Nc2cc(C(=O)Oc3c(F)c(F)c(F)c(F)c3F)ccc2C)ncn1. The summed E-state index contributed by atoms with van der Waals surface area (Å²) in [5, 5.41) is 5.33. The van der Waals surface area contributed by atoms with Gasteiger partial charge in [0.15, 0.2) is 0 Å². The van der Waals surface area contributed by atoms with E-state index in [1.807, 2.05) is 0 Å². The Bertz CT molecular complexity index is 1260. The Morgan fingerprint density at radius 1 is 0.941 bits per heavy atom. The van der Waals surface area contributed by atoms with Crippen molar-refractivity contribution in [1.29, 1.82) is 0 Å². The highest BCUT2D eigenvalue weighted by Crippen LogP contribution is 2.30. The van der Waals surface area contributed by atoms with E-state index in [1.54, 1.807) is 14.0 Å². The maximum atomic E-state index is 13.8. The minimum Gasteiger partial charge on any atom is -0.416 e. The molecule has 2 N–H and O–H groups in total. The van der Waals surface area contributed by atoms with E-state index in [0.717, 1.165) is 11.0 Å². The van der Waals surface area contributed by atoms with Crippen LogP contribution in [0.1, 0.15) is 15.9 Å². The van der Waals surface area contributed by atoms with E-state index in [0.29, 0.717) is 11.4 Å². The van der Waals surface area contributed by atoms with Crippen molar-refractivity contribution in [3.8, 4) is 5.75 Å². The maximum Gasteiger partial charge on any atom is 0.343 e. The van der Waals surface area contributed by atoms with Gasteiger partial charge in [0.1, 0.15) is 18.0 Å². The molecular formula is C21H16F5N5O3. The summed E-state index contributed by atoms with van der Waals surface area (Å²) in [4.78, 5) is 34.1. The molecule has 13 heteroatoms. The van der Waals surface area contributed by atoms with E-state index in [2.05, 4.69) is 25.3 Å². The van der Waals surface area contributed by atoms with Crippen LogP contribution in [0.5, 0.6) is 5.75 Å². The van der Waals surface area contributed by atoms with Crippen LogP contribution in [0.3, 0.4) is 0 Å². The number of anilines is 3. The maximum absolute atomic E-state index is 13.8. The van der Waals surface area contributed by atoms with Crippen molar-refractivity contribution in [2.24, 2.45) is 0 Å². The van der Waals surface area contributed by atoms with Crippen molar-refractivity contribution in [1.82, 2.24) is 9.97 Å². The first-order valence-electron chi connectivity index (χ1n) is 9.43. The van der Waals surface area contributed by atoms with E-state index < -0.39 is 46.8 Å². The van der Waals surface area contributed by atoms with Crippen LogP contribution in [0, 0.1) is 36.0 Å². The lowest BCUT2D eigenvalue weighted by molar-refractivity contribution is 0.0716. The summed E-state index contributed by atoms with van der Waals surface area (Å²) in [6, 6.07) is 4.54. The molecule has 3 aromatic rings. The van der Waals surface area contributed by atoms with Crippen LogP contribution in [-0.2, 0) is 0 Å². The van der Waals surface area contributed by atoms with Crippen LogP contribution >= 0.6 is 0 Å². The van der Waals surface area contributed by atoms with Gasteiger partial charge in [0, 0.05) is 25.8 Å². The minimum absolute atomic E-state index is 0.117. The molecule has 0 spiro atoms. The Hall–Kier alpha value is -4.29. The number of halogens is 5. The van der Waals surface area contributed by atoms with Gasteiger partial charge in [0.25, 0.3) is 0 Å². The van der Waals surface area contributed by atoms with Crippen LogP contribution in [0.25, 0.3) is 0 Å². The quantitative estimate of drug-likeness (QED) is 0.184. The van der Waals surface area contributed by atoms with Crippen molar-refractivity contribution >= 4 is 29.3 Å². The fourth-order valence-corrected chi connectivity index (χ4v) is 2.68. The lowest BCUT2D eigenvalue weighted by Crippen LogP contribution is -2.32. The number of hydrogen-bond donors (Lipinski definition) is 2. The van der Waals surface area contributed by atoms with Gasteiger partial charge >= 0.3 is 12.0 Å². The molecule has 0 unspecified atom stereocenters. The molecule has 178 valence electrons. The average molecular weight is 481 g/mol. The summed E-state index contributed by atoms with van der Waals surface area (Å²) >= 11 is 0. The molecule has 0 fully saturated rings. The van der Waals surface area contributed by atoms with Crippen LogP contribution in [0.15, 0.2) is 30.6 Å². The molecule has 0 atom stereocenters. The summed E-state index contributed by atoms with van der Waals surface area (Å²) in [6.07, 6.45) is 1.24. The predicted molar refractivity (Wildman–Crippen MR) is 111 cm³/mol. The van der Waals surface area contributed by atoms with E-state index in [4.69, 9.17) is 0 Å². The molecule has 0 aliphatic heterocycles. The Morgan fingerprint density at radius 2 is 1.56 bits per heavy atom. The van der Waals surface area contributed by atoms with Gasteiger partial charge in [0.05, 0.1) is 5.56 Å². The number of amides is 2. The van der Waals surface area contributed by atoms with Crippen LogP contribution in [0.4, 0.5) is 44.1 Å². The van der Waals surface area contributed by atoms with Crippen molar-refractivity contribution in [3.05, 3.63) is 70.8 Å². The van der Waals surface area contributed by atoms with Gasteiger partial charge in [-0.05, 0) is 24.6 Å². The van der Waals surface area contributed by atoms with Gasteiger partial charge in [0.2, 0.25) is 34.8 Å². The van der Waals surface area contributed by atoms with Crippen LogP contribution in [-0.4, -0.2) is 36.1 Å². The summed E-state index contributed by atoms with van der Waals surface area (Å²) in [5.41, 5.74) is 0.284. The third-order valence-corrected chi connectivity index (χ3v) is 4.64. The van der Waals surface area contributed by atoms with Crippen LogP contribution < -0.4 is 20.3 Å². The average Bonchev–Trinajstić information content (AvgIpc) is 2.84. The van der Waals surface area contributed by atoms with Gasteiger partial charge < -0.3 is 15.4 Å². The fraction of sp³-hybridized carbons (Fsp3) is 0.143. The third-order valence-electron chi connectivity index (χ3n) is 4.64. The van der Waals surface area contributed by atoms with Crippen molar-refractivity contribution in [3.63, 3.8) is 0 Å². The van der Waals surface area contributed by atoms with Gasteiger partial charge in [-0.15, -0.1) is 0 Å². The van der Waals surface area contributed by atoms with E-state index in [9.17, 15) is 31.5 Å². The second-order valence-electron chi connectivity index (χ2n) is 6.82. The molecule has 34 heavy (non-hydrogen) atoms. The molecule has 1 heterocycles. The smallest absolute Gasteiger partial charge is 0.343 e. The van der Waals surface area contributed by atoms with Gasteiger partial charge in [-0.2, -0.15) is 8.78 Å². The number of carbonyl (C=O) groups excluding carboxylic acids is 2. The number of esters is 1. The molecule has 0 aliphatic rings. The summed E-state index contributed by atoms with van der Waals surface area (Å²) in [7, 11) is 3.06. The number of aryl methyl sites for hydroxylation is 1. The number of benzene rings is 2. The first-order chi connectivity index (χ1) is 16.0. The summed E-state index contributed by atoms with van der Waals surface area (Å²) < 4.78 is 72.0. The Kier molecular flexibility index (Phi) is 6.94. The molecule has 3 rings (SSSR count). The monoisotopic (exact) mass is 481 g/mol. The third kappa shape index (κ3) is 4.72. The van der Waals surface area contributed by atoms with E-state index in [-0.39, 0.29) is 17.1 Å². The highest BCUT2D eigenvalue weighted by molar-refractivity contribution is 6.02. The first kappa shape index (κ1) is 24.4. The summed E-state index contributed by atoms with van der Waals surface area (Å²) in [6.45, 7) is 1.60. The zero-order valence-electron chi connectivity index (χ0n) is 17.8. The fourth-order valence-electron chi connectivity index (χ4n) is 2.68. The van der Waals surface area contributed by atoms with Crippen molar-refractivity contribution in [2.75, 3.05) is 29.6 Å². The van der Waals surface area contributed by atoms with Gasteiger partial charge in [-0.25, -0.2) is 32.7 Å². The Balaban J connectivity index is 1.84. The molecule has 2 aromatic carbocycles. The number of rotatable bonds is 5. The zero-order valence-corrected chi connectivity index (χ0v) is 17.8. The zero-order chi connectivity index (χ0) is 25.2. The molecule has 1 aromatic heterocycles. The molecule has 0 aliphatic carbocycles. The van der Waals surface area contributed by atoms with E-state index >= 15 is 0 Å². The lowest BCUT2D eigenvalue weighted by Gasteiger charge is -2.18. The van der Waals surface area contributed by atoms with Crippen molar-refractivity contribution in [2.45, 2.75) is 6.92 Å². The summed E-state index contributed by atoms with van der Waals surface area (Å²) in [5.74, 6) is -13.9. The molecule has 8 nitrogen and oxygen atoms in total. The topological polar surface area (TPSA) is 96.5 Å². The number of urea groups is 1. The molecular weight excluding hydrogens is 465 g/mol. The van der Waals surface area contributed by atoms with E-state index in [1.165, 1.54) is 31.6 Å². The van der Waals surface area contributed by atoms with Gasteiger partial charge in [-0.1, -0.05) is 6.07 Å². The molecule has 0 radical (unpaired) electrons. The number of nitrogens with zero attached hydrogens (tertiary/aromatic N) is 3. The molecule has 0 bridgehead atoms. The first-order valence-corrected chi connectivity index (χ1v) is 9.43. The minimum atomic E-state index is -2.38. The highest BCUT2D eigenvalue weighted by Gasteiger charge is 2.29. The number of nitrogens with one attached hydrogen (secondary N) is 2. The predicted octanol–water partition coefficient (Wildman–Crippen LogP) is 4.41. The Labute approximate surface area is 189 Å². The number of ether oxygens (including phenoxy) is 1.